The number of esters is 1. The summed E-state index contributed by atoms with van der Waals surface area (Å²) < 4.78 is 21.0. The Morgan fingerprint density at radius 2 is 2.04 bits per heavy atom. The molecule has 8 heteroatoms. The molecule has 27 heavy (non-hydrogen) atoms. The number of cyclic esters (lactones) is 1. The fraction of sp³-hybridized carbons (Fsp3) is 0.526. The Balaban J connectivity index is 1.80. The average molecular weight is 377 g/mol. The van der Waals surface area contributed by atoms with Crippen LogP contribution in [-0.4, -0.2) is 47.9 Å². The molecule has 0 saturated carbocycles. The summed E-state index contributed by atoms with van der Waals surface area (Å²) in [5, 5.41) is 0. The second-order valence-corrected chi connectivity index (χ2v) is 7.58. The van der Waals surface area contributed by atoms with Gasteiger partial charge in [0.25, 0.3) is 12.2 Å². The molecule has 146 valence electrons. The van der Waals surface area contributed by atoms with Crippen LogP contribution >= 0.6 is 0 Å². The summed E-state index contributed by atoms with van der Waals surface area (Å²) in [7, 11) is 1.37. The Bertz CT molecular complexity index is 771. The van der Waals surface area contributed by atoms with Gasteiger partial charge in [0.15, 0.2) is 0 Å². The maximum absolute atomic E-state index is 12.8. The number of allylic oxidation sites excluding steroid dienone is 1. The zero-order valence-corrected chi connectivity index (χ0v) is 16.0. The number of nitrogens with zero attached hydrogens (tertiary/aromatic N) is 1. The number of carbonyl (C=O) groups is 3. The number of methoxy groups -OCH3 is 1. The first-order valence-electron chi connectivity index (χ1n) is 8.68. The third-order valence-corrected chi connectivity index (χ3v) is 4.52. The molecule has 0 aromatic rings. The number of hydrogen-bond acceptors (Lipinski definition) is 7. The van der Waals surface area contributed by atoms with E-state index in [-0.39, 0.29) is 11.7 Å². The SMILES string of the molecule is COC1=C(C)C(O/C=C2/C(=O)N(C(=O)OC(C)(C)C)C3C=CCC23)OC1=O. The van der Waals surface area contributed by atoms with Crippen molar-refractivity contribution >= 4 is 18.0 Å². The second kappa shape index (κ2) is 6.75. The van der Waals surface area contributed by atoms with Gasteiger partial charge in [-0.25, -0.2) is 14.5 Å². The van der Waals surface area contributed by atoms with E-state index in [4.69, 9.17) is 18.9 Å². The minimum Gasteiger partial charge on any atom is -0.490 e. The van der Waals surface area contributed by atoms with Gasteiger partial charge in [-0.3, -0.25) is 4.79 Å². The Hall–Kier alpha value is -2.77. The molecule has 3 rings (SSSR count). The van der Waals surface area contributed by atoms with Gasteiger partial charge in [0.2, 0.25) is 5.76 Å². The Labute approximate surface area is 157 Å². The van der Waals surface area contributed by atoms with E-state index >= 15 is 0 Å². The highest BCUT2D eigenvalue weighted by Crippen LogP contribution is 2.39. The molecule has 1 fully saturated rings. The van der Waals surface area contributed by atoms with Gasteiger partial charge in [0, 0.05) is 5.92 Å². The third kappa shape index (κ3) is 3.43. The number of hydrogen-bond donors (Lipinski definition) is 0. The summed E-state index contributed by atoms with van der Waals surface area (Å²) in [6.07, 6.45) is 3.96. The zero-order chi connectivity index (χ0) is 19.9. The molecule has 1 aliphatic carbocycles. The first-order chi connectivity index (χ1) is 12.6. The van der Waals surface area contributed by atoms with Crippen molar-refractivity contribution < 1.29 is 33.3 Å². The predicted molar refractivity (Wildman–Crippen MR) is 92.9 cm³/mol. The number of rotatable bonds is 3. The van der Waals surface area contributed by atoms with Gasteiger partial charge in [-0.15, -0.1) is 0 Å². The summed E-state index contributed by atoms with van der Waals surface area (Å²) in [5.41, 5.74) is 0.106. The lowest BCUT2D eigenvalue weighted by Gasteiger charge is -2.25. The van der Waals surface area contributed by atoms with E-state index in [1.165, 1.54) is 13.4 Å². The van der Waals surface area contributed by atoms with Crippen LogP contribution < -0.4 is 0 Å². The molecule has 3 aliphatic rings. The van der Waals surface area contributed by atoms with Gasteiger partial charge in [-0.05, 0) is 34.1 Å². The quantitative estimate of drug-likeness (QED) is 0.323. The number of ether oxygens (including phenoxy) is 4. The van der Waals surface area contributed by atoms with Crippen LogP contribution in [0.4, 0.5) is 4.79 Å². The molecule has 3 atom stereocenters. The van der Waals surface area contributed by atoms with Crippen molar-refractivity contribution in [3.8, 4) is 0 Å². The maximum atomic E-state index is 12.8. The largest absolute Gasteiger partial charge is 0.490 e. The molecular formula is C19H23NO7. The fourth-order valence-corrected chi connectivity index (χ4v) is 3.32. The Morgan fingerprint density at radius 3 is 2.63 bits per heavy atom. The van der Waals surface area contributed by atoms with Gasteiger partial charge >= 0.3 is 12.1 Å². The first kappa shape index (κ1) is 19.0. The van der Waals surface area contributed by atoms with Crippen LogP contribution in [0.2, 0.25) is 0 Å². The number of fused-ring (bicyclic) bond motifs is 1. The van der Waals surface area contributed by atoms with Crippen LogP contribution in [0.1, 0.15) is 34.1 Å². The maximum Gasteiger partial charge on any atom is 0.417 e. The highest BCUT2D eigenvalue weighted by molar-refractivity contribution is 6.06. The van der Waals surface area contributed by atoms with Crippen LogP contribution in [0.5, 0.6) is 0 Å². The van der Waals surface area contributed by atoms with E-state index in [2.05, 4.69) is 0 Å². The van der Waals surface area contributed by atoms with E-state index < -0.39 is 35.9 Å². The number of amides is 2. The minimum atomic E-state index is -0.962. The van der Waals surface area contributed by atoms with Crippen LogP contribution in [0.3, 0.4) is 0 Å². The molecule has 3 unspecified atom stereocenters. The summed E-state index contributed by atoms with van der Waals surface area (Å²) in [6, 6.07) is -0.403. The molecule has 0 spiro atoms. The van der Waals surface area contributed by atoms with Gasteiger partial charge in [0.1, 0.15) is 5.60 Å². The molecule has 1 saturated heterocycles. The van der Waals surface area contributed by atoms with E-state index in [0.717, 1.165) is 4.90 Å². The molecule has 2 amide bonds. The molecule has 0 radical (unpaired) electrons. The first-order valence-corrected chi connectivity index (χ1v) is 8.68. The normalized spacial score (nSPS) is 28.7. The van der Waals surface area contributed by atoms with Crippen molar-refractivity contribution in [2.24, 2.45) is 5.92 Å². The topological polar surface area (TPSA) is 91.4 Å². The van der Waals surface area contributed by atoms with Crippen molar-refractivity contribution in [3.05, 3.63) is 35.3 Å². The molecule has 2 heterocycles. The lowest BCUT2D eigenvalue weighted by molar-refractivity contribution is -0.155. The number of likely N-dealkylation sites (tertiary alicyclic amines) is 1. The smallest absolute Gasteiger partial charge is 0.417 e. The Kier molecular flexibility index (Phi) is 4.75. The lowest BCUT2D eigenvalue weighted by Crippen LogP contribution is -2.42. The van der Waals surface area contributed by atoms with Gasteiger partial charge in [0.05, 0.1) is 30.6 Å². The summed E-state index contributed by atoms with van der Waals surface area (Å²) in [6.45, 7) is 6.87. The van der Waals surface area contributed by atoms with E-state index in [1.807, 2.05) is 12.2 Å². The van der Waals surface area contributed by atoms with E-state index in [9.17, 15) is 14.4 Å². The van der Waals surface area contributed by atoms with Crippen LogP contribution in [-0.2, 0) is 28.5 Å². The van der Waals surface area contributed by atoms with Gasteiger partial charge in [-0.2, -0.15) is 0 Å². The van der Waals surface area contributed by atoms with E-state index in [1.54, 1.807) is 27.7 Å². The summed E-state index contributed by atoms with van der Waals surface area (Å²) >= 11 is 0. The molecule has 0 N–H and O–H groups in total. The predicted octanol–water partition coefficient (Wildman–Crippen LogP) is 2.41. The van der Waals surface area contributed by atoms with Crippen molar-refractivity contribution in [2.45, 2.75) is 52.0 Å². The standard InChI is InChI=1S/C19H23NO7/c1-10-14(24-5)16(22)26-17(10)25-9-12-11-7-6-8-13(11)20(15(12)21)18(23)27-19(2,3)4/h6,8-9,11,13,17H,7H2,1-5H3/b12-9+. The average Bonchev–Trinajstić information content (AvgIpc) is 3.18. The monoisotopic (exact) mass is 377 g/mol. The van der Waals surface area contributed by atoms with Gasteiger partial charge < -0.3 is 18.9 Å². The lowest BCUT2D eigenvalue weighted by atomic mass is 9.98. The fourth-order valence-electron chi connectivity index (χ4n) is 3.32. The molecular weight excluding hydrogens is 354 g/mol. The highest BCUT2D eigenvalue weighted by atomic mass is 16.7. The van der Waals surface area contributed by atoms with Crippen LogP contribution in [0.15, 0.2) is 35.3 Å². The third-order valence-electron chi connectivity index (χ3n) is 4.52. The van der Waals surface area contributed by atoms with Crippen LogP contribution in [0.25, 0.3) is 0 Å². The van der Waals surface area contributed by atoms with Crippen molar-refractivity contribution in [1.82, 2.24) is 4.90 Å². The molecule has 0 bridgehead atoms. The van der Waals surface area contributed by atoms with Crippen molar-refractivity contribution in [3.63, 3.8) is 0 Å². The van der Waals surface area contributed by atoms with Crippen LogP contribution in [0, 0.1) is 5.92 Å². The number of imide groups is 1. The summed E-state index contributed by atoms with van der Waals surface area (Å²) in [5.74, 6) is -1.21. The van der Waals surface area contributed by atoms with Gasteiger partial charge in [-0.1, -0.05) is 12.2 Å². The zero-order valence-electron chi connectivity index (χ0n) is 16.0. The van der Waals surface area contributed by atoms with Crippen molar-refractivity contribution in [1.29, 1.82) is 0 Å². The van der Waals surface area contributed by atoms with Crippen molar-refractivity contribution in [2.75, 3.05) is 7.11 Å². The molecule has 0 aromatic carbocycles. The molecule has 0 aromatic heterocycles. The second-order valence-electron chi connectivity index (χ2n) is 7.58. The number of carbonyl (C=O) groups excluding carboxylic acids is 3. The van der Waals surface area contributed by atoms with E-state index in [0.29, 0.717) is 17.6 Å². The Morgan fingerprint density at radius 1 is 1.33 bits per heavy atom. The molecule has 8 nitrogen and oxygen atoms in total. The highest BCUT2D eigenvalue weighted by Gasteiger charge is 2.49. The molecule has 2 aliphatic heterocycles. The minimum absolute atomic E-state index is 0.0898. The summed E-state index contributed by atoms with van der Waals surface area (Å²) in [4.78, 5) is 38.1.